The molecule has 0 fully saturated rings. The van der Waals surface area contributed by atoms with Crippen LogP contribution in [-0.2, 0) is 10.0 Å². The first-order valence-corrected chi connectivity index (χ1v) is 11.0. The number of benzene rings is 1. The molecular weight excluding hydrogens is 470 g/mol. The largest absolute Gasteiger partial charge is 0.480 e. The average Bonchev–Trinajstić information content (AvgIpc) is 2.77. The van der Waals surface area contributed by atoms with Crippen LogP contribution in [0.1, 0.15) is 6.92 Å². The Morgan fingerprint density at radius 2 is 2.03 bits per heavy atom. The Morgan fingerprint density at radius 3 is 2.68 bits per heavy atom. The van der Waals surface area contributed by atoms with Crippen molar-refractivity contribution in [2.24, 2.45) is 0 Å². The number of ether oxygens (including phenoxy) is 1. The molecular formula is C21H19F2N6O4S+. The Hall–Kier alpha value is -4.15. The van der Waals surface area contributed by atoms with E-state index in [0.29, 0.717) is 11.6 Å². The first-order valence-electron chi connectivity index (χ1n) is 9.51. The minimum absolute atomic E-state index is 0.0859. The molecule has 0 bridgehead atoms. The van der Waals surface area contributed by atoms with Gasteiger partial charge in [-0.1, -0.05) is 10.6 Å². The van der Waals surface area contributed by atoms with E-state index in [2.05, 4.69) is 26.6 Å². The Kier molecular flexibility index (Phi) is 7.04. The second-order valence-electron chi connectivity index (χ2n) is 6.81. The SMILES string of the molecule is COc1ncc(-c2ccc(N)[n+](C(=N)C#CC(C)O)n2)cc1NS(=O)(=O)c1ccc(F)cc1F. The Bertz CT molecular complexity index is 1430. The molecule has 34 heavy (non-hydrogen) atoms. The molecule has 2 heterocycles. The maximum absolute atomic E-state index is 14.1. The van der Waals surface area contributed by atoms with E-state index in [9.17, 15) is 22.3 Å². The number of hydrogen-bond donors (Lipinski definition) is 4. The number of nitrogens with two attached hydrogens (primary N) is 1. The summed E-state index contributed by atoms with van der Waals surface area (Å²) in [6.07, 6.45) is 0.376. The number of hydrogen-bond acceptors (Lipinski definition) is 8. The van der Waals surface area contributed by atoms with Crippen LogP contribution in [0.3, 0.4) is 0 Å². The number of anilines is 2. The van der Waals surface area contributed by atoms with Gasteiger partial charge in [-0.2, -0.15) is 0 Å². The second-order valence-corrected chi connectivity index (χ2v) is 8.46. The molecule has 0 spiro atoms. The molecule has 10 nitrogen and oxygen atoms in total. The fourth-order valence-corrected chi connectivity index (χ4v) is 3.82. The van der Waals surface area contributed by atoms with E-state index in [1.165, 1.54) is 38.4 Å². The van der Waals surface area contributed by atoms with E-state index < -0.39 is 32.7 Å². The second kappa shape index (κ2) is 9.77. The maximum atomic E-state index is 14.1. The Morgan fingerprint density at radius 1 is 1.29 bits per heavy atom. The van der Waals surface area contributed by atoms with E-state index in [1.54, 1.807) is 0 Å². The van der Waals surface area contributed by atoms with Crippen molar-refractivity contribution in [1.82, 2.24) is 10.1 Å². The number of methoxy groups -OCH3 is 1. The smallest absolute Gasteiger partial charge is 0.332 e. The fourth-order valence-electron chi connectivity index (χ4n) is 2.71. The number of nitrogen functional groups attached to an aromatic ring is 1. The monoisotopic (exact) mass is 489 g/mol. The lowest BCUT2D eigenvalue weighted by molar-refractivity contribution is -0.604. The lowest BCUT2D eigenvalue weighted by Gasteiger charge is -2.13. The number of aliphatic hydroxyl groups is 1. The zero-order valence-corrected chi connectivity index (χ0v) is 18.7. The molecule has 0 aliphatic heterocycles. The van der Waals surface area contributed by atoms with Gasteiger partial charge in [0, 0.05) is 29.8 Å². The average molecular weight is 489 g/mol. The number of nitrogens with zero attached hydrogens (tertiary/aromatic N) is 3. The molecule has 0 saturated carbocycles. The highest BCUT2D eigenvalue weighted by molar-refractivity contribution is 7.92. The predicted octanol–water partition coefficient (Wildman–Crippen LogP) is 1.31. The summed E-state index contributed by atoms with van der Waals surface area (Å²) in [5, 5.41) is 21.5. The van der Waals surface area contributed by atoms with Crippen molar-refractivity contribution < 1.29 is 31.7 Å². The van der Waals surface area contributed by atoms with Crippen LogP contribution in [0.15, 0.2) is 47.5 Å². The molecule has 5 N–H and O–H groups in total. The summed E-state index contributed by atoms with van der Waals surface area (Å²) in [6.45, 7) is 1.43. The van der Waals surface area contributed by atoms with Gasteiger partial charge in [-0.3, -0.25) is 4.72 Å². The molecule has 176 valence electrons. The van der Waals surface area contributed by atoms with Gasteiger partial charge in [0.15, 0.2) is 0 Å². The molecule has 1 aromatic carbocycles. The highest BCUT2D eigenvalue weighted by Crippen LogP contribution is 2.29. The third-order valence-corrected chi connectivity index (χ3v) is 5.64. The molecule has 3 aromatic rings. The molecule has 0 radical (unpaired) electrons. The molecule has 2 aromatic heterocycles. The van der Waals surface area contributed by atoms with Crippen molar-refractivity contribution in [3.05, 3.63) is 54.2 Å². The van der Waals surface area contributed by atoms with Crippen LogP contribution in [0.2, 0.25) is 0 Å². The zero-order chi connectivity index (χ0) is 25.0. The highest BCUT2D eigenvalue weighted by Gasteiger charge is 2.23. The van der Waals surface area contributed by atoms with Crippen molar-refractivity contribution in [1.29, 1.82) is 5.41 Å². The molecule has 0 aliphatic carbocycles. The lowest BCUT2D eigenvalue weighted by atomic mass is 10.2. The fraction of sp³-hybridized carbons (Fsp3) is 0.143. The van der Waals surface area contributed by atoms with Gasteiger partial charge in [-0.25, -0.2) is 22.2 Å². The highest BCUT2D eigenvalue weighted by atomic mass is 32.2. The van der Waals surface area contributed by atoms with Crippen LogP contribution < -0.4 is 19.9 Å². The first-order chi connectivity index (χ1) is 16.0. The summed E-state index contributed by atoms with van der Waals surface area (Å²) in [7, 11) is -3.21. The quantitative estimate of drug-likeness (QED) is 0.182. The Balaban J connectivity index is 2.03. The van der Waals surface area contributed by atoms with E-state index in [1.807, 2.05) is 0 Å². The van der Waals surface area contributed by atoms with Crippen molar-refractivity contribution in [3.8, 4) is 29.0 Å². The molecule has 3 rings (SSSR count). The van der Waals surface area contributed by atoms with Gasteiger partial charge in [0.25, 0.3) is 10.0 Å². The van der Waals surface area contributed by atoms with Gasteiger partial charge in [0.1, 0.15) is 34.0 Å². The van der Waals surface area contributed by atoms with Gasteiger partial charge in [0.2, 0.25) is 11.7 Å². The molecule has 0 saturated heterocycles. The van der Waals surface area contributed by atoms with E-state index in [-0.39, 0.29) is 28.9 Å². The third kappa shape index (κ3) is 5.42. The maximum Gasteiger partial charge on any atom is 0.332 e. The molecule has 0 amide bonds. The topological polar surface area (TPSA) is 155 Å². The number of halogens is 2. The van der Waals surface area contributed by atoms with Crippen molar-refractivity contribution in [2.75, 3.05) is 17.6 Å². The molecule has 13 heteroatoms. The lowest BCUT2D eigenvalue weighted by Crippen LogP contribution is -2.48. The van der Waals surface area contributed by atoms with Crippen LogP contribution in [0.25, 0.3) is 11.3 Å². The summed E-state index contributed by atoms with van der Waals surface area (Å²) in [5.74, 6) is 2.29. The number of aliphatic hydroxyl groups excluding tert-OH is 1. The van der Waals surface area contributed by atoms with Crippen LogP contribution >= 0.6 is 0 Å². The van der Waals surface area contributed by atoms with E-state index in [0.717, 1.165) is 16.8 Å². The predicted molar refractivity (Wildman–Crippen MR) is 118 cm³/mol. The van der Waals surface area contributed by atoms with Crippen LogP contribution in [-0.4, -0.2) is 42.7 Å². The first kappa shape index (κ1) is 24.5. The summed E-state index contributed by atoms with van der Waals surface area (Å²) in [6, 6.07) is 6.34. The summed E-state index contributed by atoms with van der Waals surface area (Å²) in [4.78, 5) is 3.28. The Labute approximate surface area is 193 Å². The van der Waals surface area contributed by atoms with Crippen molar-refractivity contribution in [2.45, 2.75) is 17.9 Å². The number of aromatic nitrogens is 3. The summed E-state index contributed by atoms with van der Waals surface area (Å²) < 4.78 is 61.0. The standard InChI is InChI=1S/C21H18F2N6O4S/c1-12(30)3-7-19(24)29-20(25)8-5-16(27-29)13-9-17(21(33-2)26-11-13)28-34(31,32)18-6-4-14(22)10-15(18)23/h4-6,8-12,24-25,28,30H,1-2H3/p+1. The third-order valence-electron chi connectivity index (χ3n) is 4.24. The van der Waals surface area contributed by atoms with E-state index >= 15 is 0 Å². The minimum Gasteiger partial charge on any atom is -0.480 e. The summed E-state index contributed by atoms with van der Waals surface area (Å²) >= 11 is 0. The van der Waals surface area contributed by atoms with Gasteiger partial charge in [0.05, 0.1) is 7.11 Å². The van der Waals surface area contributed by atoms with Gasteiger partial charge < -0.3 is 15.6 Å². The minimum atomic E-state index is -4.47. The van der Waals surface area contributed by atoms with Crippen molar-refractivity contribution >= 4 is 27.4 Å². The van der Waals surface area contributed by atoms with Crippen LogP contribution in [0, 0.1) is 28.9 Å². The normalized spacial score (nSPS) is 11.8. The van der Waals surface area contributed by atoms with Crippen molar-refractivity contribution in [3.63, 3.8) is 0 Å². The summed E-state index contributed by atoms with van der Waals surface area (Å²) in [5.41, 5.74) is 6.25. The van der Waals surface area contributed by atoms with Crippen LogP contribution in [0.5, 0.6) is 5.88 Å². The number of pyridine rings is 1. The molecule has 1 atom stereocenters. The van der Waals surface area contributed by atoms with Gasteiger partial charge in [-0.05, 0) is 31.2 Å². The number of rotatable bonds is 5. The van der Waals surface area contributed by atoms with Gasteiger partial charge in [-0.15, -0.1) is 10.5 Å². The van der Waals surface area contributed by atoms with Gasteiger partial charge >= 0.3 is 5.84 Å². The number of nitrogens with one attached hydrogen (secondary N) is 2. The number of sulfonamides is 1. The zero-order valence-electron chi connectivity index (χ0n) is 17.9. The van der Waals surface area contributed by atoms with Crippen LogP contribution in [0.4, 0.5) is 20.3 Å². The molecule has 0 aliphatic rings. The molecule has 1 unspecified atom stereocenters. The van der Waals surface area contributed by atoms with E-state index in [4.69, 9.17) is 15.9 Å².